The van der Waals surface area contributed by atoms with Gasteiger partial charge in [0.1, 0.15) is 22.9 Å². The Morgan fingerprint density at radius 3 is 2.68 bits per heavy atom. The second-order valence-corrected chi connectivity index (χ2v) is 6.81. The van der Waals surface area contributed by atoms with Gasteiger partial charge in [-0.2, -0.15) is 0 Å². The van der Waals surface area contributed by atoms with E-state index in [1.54, 1.807) is 28.9 Å². The van der Waals surface area contributed by atoms with Crippen molar-refractivity contribution in [3.05, 3.63) is 59.9 Å². The first-order chi connectivity index (χ1) is 11.7. The number of hydrogen-bond acceptors (Lipinski definition) is 3. The Bertz CT molecular complexity index is 942. The number of aromatic nitrogens is 2. The molecule has 2 aromatic heterocycles. The van der Waals surface area contributed by atoms with Crippen molar-refractivity contribution in [1.82, 2.24) is 9.38 Å². The van der Waals surface area contributed by atoms with Gasteiger partial charge in [0.15, 0.2) is 0 Å². The highest BCUT2D eigenvalue weighted by molar-refractivity contribution is 5.73. The largest absolute Gasteiger partial charge is 0.460 e. The highest BCUT2D eigenvalue weighted by Crippen LogP contribution is 2.24. The molecule has 0 aliphatic heterocycles. The molecule has 0 saturated heterocycles. The summed E-state index contributed by atoms with van der Waals surface area (Å²) in [6, 6.07) is 6.74. The summed E-state index contributed by atoms with van der Waals surface area (Å²) in [6.45, 7) is 5.42. The van der Waals surface area contributed by atoms with Gasteiger partial charge < -0.3 is 9.14 Å². The standard InChI is InChI=1S/C19H18F2N2O2/c1-19(2,3)25-18(24)9-12-6-7-23-11-16(22-17(23)8-12)14-10-13(20)4-5-15(14)21/h4-8,10-11H,9H2,1-3H3. The molecule has 25 heavy (non-hydrogen) atoms. The minimum absolute atomic E-state index is 0.0948. The predicted octanol–water partition coefficient (Wildman–Crippen LogP) is 4.16. The molecule has 0 unspecified atom stereocenters. The number of imidazole rings is 1. The third-order valence-electron chi connectivity index (χ3n) is 3.50. The van der Waals surface area contributed by atoms with Crippen molar-refractivity contribution in [2.75, 3.05) is 0 Å². The first-order valence-corrected chi connectivity index (χ1v) is 7.86. The minimum atomic E-state index is -0.545. The lowest BCUT2D eigenvalue weighted by Gasteiger charge is -2.19. The third kappa shape index (κ3) is 4.02. The van der Waals surface area contributed by atoms with Crippen LogP contribution in [0.2, 0.25) is 0 Å². The summed E-state index contributed by atoms with van der Waals surface area (Å²) in [4.78, 5) is 16.3. The molecule has 3 rings (SSSR count). The van der Waals surface area contributed by atoms with E-state index in [4.69, 9.17) is 4.74 Å². The van der Waals surface area contributed by atoms with E-state index in [2.05, 4.69) is 4.98 Å². The van der Waals surface area contributed by atoms with Crippen LogP contribution >= 0.6 is 0 Å². The van der Waals surface area contributed by atoms with Gasteiger partial charge in [0.25, 0.3) is 0 Å². The van der Waals surface area contributed by atoms with Crippen LogP contribution in [-0.2, 0) is 16.0 Å². The summed E-state index contributed by atoms with van der Waals surface area (Å²) >= 11 is 0. The van der Waals surface area contributed by atoms with Crippen molar-refractivity contribution in [1.29, 1.82) is 0 Å². The van der Waals surface area contributed by atoms with Gasteiger partial charge >= 0.3 is 5.97 Å². The quantitative estimate of drug-likeness (QED) is 0.670. The average molecular weight is 344 g/mol. The maximum absolute atomic E-state index is 13.9. The lowest BCUT2D eigenvalue weighted by molar-refractivity contribution is -0.153. The highest BCUT2D eigenvalue weighted by Gasteiger charge is 2.17. The third-order valence-corrected chi connectivity index (χ3v) is 3.50. The number of ether oxygens (including phenoxy) is 1. The van der Waals surface area contributed by atoms with Crippen LogP contribution in [0.15, 0.2) is 42.7 Å². The van der Waals surface area contributed by atoms with E-state index in [9.17, 15) is 13.6 Å². The fourth-order valence-corrected chi connectivity index (χ4v) is 2.50. The van der Waals surface area contributed by atoms with Crippen LogP contribution in [0.1, 0.15) is 26.3 Å². The fraction of sp³-hybridized carbons (Fsp3) is 0.263. The van der Waals surface area contributed by atoms with Gasteiger partial charge in [-0.25, -0.2) is 13.8 Å². The van der Waals surface area contributed by atoms with Crippen molar-refractivity contribution in [3.8, 4) is 11.3 Å². The summed E-state index contributed by atoms with van der Waals surface area (Å²) in [5, 5.41) is 0. The molecule has 0 bridgehead atoms. The van der Waals surface area contributed by atoms with E-state index >= 15 is 0 Å². The van der Waals surface area contributed by atoms with Crippen molar-refractivity contribution < 1.29 is 18.3 Å². The molecule has 0 saturated carbocycles. The Hall–Kier alpha value is -2.76. The molecule has 130 valence electrons. The van der Waals surface area contributed by atoms with Gasteiger partial charge in [-0.05, 0) is 56.7 Å². The number of esters is 1. The number of rotatable bonds is 3. The van der Waals surface area contributed by atoms with Gasteiger partial charge in [-0.3, -0.25) is 4.79 Å². The van der Waals surface area contributed by atoms with Crippen LogP contribution in [0.5, 0.6) is 0 Å². The average Bonchev–Trinajstić information content (AvgIpc) is 2.90. The van der Waals surface area contributed by atoms with Crippen molar-refractivity contribution in [3.63, 3.8) is 0 Å². The Morgan fingerprint density at radius 2 is 1.96 bits per heavy atom. The lowest BCUT2D eigenvalue weighted by Crippen LogP contribution is -2.24. The summed E-state index contributed by atoms with van der Waals surface area (Å²) in [6.07, 6.45) is 3.46. The number of pyridine rings is 1. The molecule has 0 atom stereocenters. The maximum atomic E-state index is 13.9. The molecule has 0 amide bonds. The molecule has 0 aliphatic rings. The lowest BCUT2D eigenvalue weighted by atomic mass is 10.1. The van der Waals surface area contributed by atoms with Crippen LogP contribution in [0.4, 0.5) is 8.78 Å². The zero-order valence-corrected chi connectivity index (χ0v) is 14.2. The molecule has 6 heteroatoms. The molecule has 0 spiro atoms. The number of benzene rings is 1. The molecule has 0 radical (unpaired) electrons. The Labute approximate surface area is 144 Å². The molecule has 0 fully saturated rings. The highest BCUT2D eigenvalue weighted by atomic mass is 19.1. The van der Waals surface area contributed by atoms with E-state index < -0.39 is 17.2 Å². The number of nitrogens with zero attached hydrogens (tertiary/aromatic N) is 2. The number of hydrogen-bond donors (Lipinski definition) is 0. The Kier molecular flexibility index (Phi) is 4.29. The van der Waals surface area contributed by atoms with E-state index in [1.807, 2.05) is 20.8 Å². The molecule has 3 aromatic rings. The van der Waals surface area contributed by atoms with Crippen molar-refractivity contribution >= 4 is 11.6 Å². The Morgan fingerprint density at radius 1 is 1.20 bits per heavy atom. The molecule has 4 nitrogen and oxygen atoms in total. The van der Waals surface area contributed by atoms with Gasteiger partial charge in [0, 0.05) is 18.0 Å². The second-order valence-electron chi connectivity index (χ2n) is 6.81. The maximum Gasteiger partial charge on any atom is 0.310 e. The van der Waals surface area contributed by atoms with Gasteiger partial charge in [-0.15, -0.1) is 0 Å². The van der Waals surface area contributed by atoms with E-state index in [-0.39, 0.29) is 18.0 Å². The molecule has 0 aliphatic carbocycles. The molecular formula is C19H18F2N2O2. The van der Waals surface area contributed by atoms with E-state index in [0.717, 1.165) is 23.8 Å². The van der Waals surface area contributed by atoms with Crippen LogP contribution < -0.4 is 0 Å². The summed E-state index contributed by atoms with van der Waals surface area (Å²) < 4.78 is 34.3. The van der Waals surface area contributed by atoms with Crippen molar-refractivity contribution in [2.45, 2.75) is 32.8 Å². The summed E-state index contributed by atoms with van der Waals surface area (Å²) in [5.41, 5.74) is 1.15. The molecular weight excluding hydrogens is 326 g/mol. The van der Waals surface area contributed by atoms with Crippen LogP contribution in [0.25, 0.3) is 16.9 Å². The minimum Gasteiger partial charge on any atom is -0.460 e. The zero-order chi connectivity index (χ0) is 18.2. The monoisotopic (exact) mass is 344 g/mol. The number of fused-ring (bicyclic) bond motifs is 1. The first-order valence-electron chi connectivity index (χ1n) is 7.86. The fourth-order valence-electron chi connectivity index (χ4n) is 2.50. The zero-order valence-electron chi connectivity index (χ0n) is 14.2. The second kappa shape index (κ2) is 6.27. The molecule has 0 N–H and O–H groups in total. The summed E-state index contributed by atoms with van der Waals surface area (Å²) in [7, 11) is 0. The SMILES string of the molecule is CC(C)(C)OC(=O)Cc1ccn2cc(-c3cc(F)ccc3F)nc2c1. The number of halogens is 2. The van der Waals surface area contributed by atoms with Crippen LogP contribution in [0, 0.1) is 11.6 Å². The summed E-state index contributed by atoms with van der Waals surface area (Å²) in [5.74, 6) is -1.40. The number of carbonyl (C=O) groups is 1. The Balaban J connectivity index is 1.89. The van der Waals surface area contributed by atoms with Crippen LogP contribution in [-0.4, -0.2) is 21.0 Å². The van der Waals surface area contributed by atoms with Gasteiger partial charge in [0.2, 0.25) is 0 Å². The van der Waals surface area contributed by atoms with Crippen molar-refractivity contribution in [2.24, 2.45) is 0 Å². The predicted molar refractivity (Wildman–Crippen MR) is 90.1 cm³/mol. The van der Waals surface area contributed by atoms with Gasteiger partial charge in [0.05, 0.1) is 12.1 Å². The molecule has 1 aromatic carbocycles. The van der Waals surface area contributed by atoms with E-state index in [1.165, 1.54) is 0 Å². The van der Waals surface area contributed by atoms with E-state index in [0.29, 0.717) is 11.3 Å². The number of carbonyl (C=O) groups excluding carboxylic acids is 1. The van der Waals surface area contributed by atoms with Crippen LogP contribution in [0.3, 0.4) is 0 Å². The smallest absolute Gasteiger partial charge is 0.310 e. The molecule has 2 heterocycles. The topological polar surface area (TPSA) is 43.6 Å². The van der Waals surface area contributed by atoms with Gasteiger partial charge in [-0.1, -0.05) is 0 Å². The first kappa shape index (κ1) is 17.1. The normalized spacial score (nSPS) is 11.7.